The van der Waals surface area contributed by atoms with Gasteiger partial charge in [0.15, 0.2) is 0 Å². The number of anilines is 1. The summed E-state index contributed by atoms with van der Waals surface area (Å²) in [6, 6.07) is 31.0. The van der Waals surface area contributed by atoms with E-state index in [0.717, 1.165) is 27.6 Å². The fraction of sp³-hybridized carbons (Fsp3) is 0.0800. The zero-order valence-electron chi connectivity index (χ0n) is 15.9. The van der Waals surface area contributed by atoms with Crippen molar-refractivity contribution in [2.75, 3.05) is 5.32 Å². The van der Waals surface area contributed by atoms with E-state index >= 15 is 0 Å². The van der Waals surface area contributed by atoms with Gasteiger partial charge in [-0.15, -0.1) is 0 Å². The van der Waals surface area contributed by atoms with E-state index in [4.69, 9.17) is 0 Å². The predicted octanol–water partition coefficient (Wildman–Crippen LogP) is 5.54. The van der Waals surface area contributed by atoms with Gasteiger partial charge < -0.3 is 5.32 Å². The maximum Gasteiger partial charge on any atom is 0.255 e. The second-order valence-corrected chi connectivity index (χ2v) is 8.34. The molecule has 0 aliphatic carbocycles. The number of para-hydroxylation sites is 1. The molecule has 0 radical (unpaired) electrons. The predicted molar refractivity (Wildman–Crippen MR) is 120 cm³/mol. The minimum Gasteiger partial charge on any atom is -0.322 e. The van der Waals surface area contributed by atoms with Crippen molar-refractivity contribution in [3.63, 3.8) is 0 Å². The maximum atomic E-state index is 12.7. The van der Waals surface area contributed by atoms with E-state index in [1.54, 1.807) is 12.1 Å². The van der Waals surface area contributed by atoms with E-state index < -0.39 is 10.8 Å². The Morgan fingerprint density at radius 3 is 2.21 bits per heavy atom. The summed E-state index contributed by atoms with van der Waals surface area (Å²) >= 11 is 0. The Morgan fingerprint density at radius 1 is 0.724 bits per heavy atom. The van der Waals surface area contributed by atoms with Gasteiger partial charge in [-0.3, -0.25) is 9.00 Å². The monoisotopic (exact) mass is 399 g/mol. The van der Waals surface area contributed by atoms with Crippen LogP contribution >= 0.6 is 0 Å². The van der Waals surface area contributed by atoms with Gasteiger partial charge in [-0.2, -0.15) is 0 Å². The molecule has 0 fully saturated rings. The number of nitrogens with one attached hydrogen (secondary N) is 1. The first kappa shape index (κ1) is 19.1. The van der Waals surface area contributed by atoms with Crippen LogP contribution in [0.3, 0.4) is 0 Å². The molecule has 1 atom stereocenters. The van der Waals surface area contributed by atoms with Crippen LogP contribution in [0.15, 0.2) is 97.1 Å². The average Bonchev–Trinajstić information content (AvgIpc) is 2.75. The minimum absolute atomic E-state index is 0.153. The Bertz CT molecular complexity index is 1150. The Balaban J connectivity index is 1.40. The lowest BCUT2D eigenvalue weighted by Crippen LogP contribution is -2.11. The van der Waals surface area contributed by atoms with Gasteiger partial charge in [0.1, 0.15) is 0 Å². The summed E-state index contributed by atoms with van der Waals surface area (Å²) in [6.45, 7) is 0. The molecular formula is C25H21NO2S. The van der Waals surface area contributed by atoms with Crippen LogP contribution in [0, 0.1) is 0 Å². The average molecular weight is 400 g/mol. The molecular weight excluding hydrogens is 378 g/mol. The SMILES string of the molecule is O=C(Nc1ccccc1)c1ccc(C[S@@](=O)Cc2cccc3ccccc23)cc1. The third kappa shape index (κ3) is 4.79. The Morgan fingerprint density at radius 2 is 1.41 bits per heavy atom. The number of amides is 1. The number of rotatable bonds is 6. The first-order valence-corrected chi connectivity index (χ1v) is 10.9. The molecule has 4 rings (SSSR count). The molecule has 0 bridgehead atoms. The Kier molecular flexibility index (Phi) is 5.82. The van der Waals surface area contributed by atoms with Crippen molar-refractivity contribution in [3.05, 3.63) is 114 Å². The van der Waals surface area contributed by atoms with Gasteiger partial charge in [0.25, 0.3) is 5.91 Å². The highest BCUT2D eigenvalue weighted by molar-refractivity contribution is 7.83. The summed E-state index contributed by atoms with van der Waals surface area (Å²) in [5.74, 6) is 0.820. The summed E-state index contributed by atoms with van der Waals surface area (Å²) in [5, 5.41) is 5.18. The van der Waals surface area contributed by atoms with Crippen molar-refractivity contribution in [2.45, 2.75) is 11.5 Å². The number of fused-ring (bicyclic) bond motifs is 1. The summed E-state index contributed by atoms with van der Waals surface area (Å²) in [4.78, 5) is 12.3. The third-order valence-corrected chi connectivity index (χ3v) is 6.06. The molecule has 0 heterocycles. The first-order valence-electron chi connectivity index (χ1n) is 9.46. The quantitative estimate of drug-likeness (QED) is 0.463. The summed E-state index contributed by atoms with van der Waals surface area (Å²) < 4.78 is 12.7. The molecule has 0 aliphatic rings. The van der Waals surface area contributed by atoms with Crippen LogP contribution in [-0.4, -0.2) is 10.1 Å². The van der Waals surface area contributed by atoms with Crippen LogP contribution in [0.25, 0.3) is 10.8 Å². The zero-order valence-corrected chi connectivity index (χ0v) is 16.7. The van der Waals surface area contributed by atoms with Crippen LogP contribution in [-0.2, 0) is 22.3 Å². The molecule has 29 heavy (non-hydrogen) atoms. The summed E-state index contributed by atoms with van der Waals surface area (Å²) in [5.41, 5.74) is 3.40. The lowest BCUT2D eigenvalue weighted by Gasteiger charge is -2.08. The topological polar surface area (TPSA) is 46.2 Å². The van der Waals surface area contributed by atoms with Crippen molar-refractivity contribution < 1.29 is 9.00 Å². The second kappa shape index (κ2) is 8.84. The highest BCUT2D eigenvalue weighted by atomic mass is 32.2. The molecule has 0 aromatic heterocycles. The van der Waals surface area contributed by atoms with Crippen molar-refractivity contribution >= 4 is 33.2 Å². The molecule has 1 N–H and O–H groups in total. The largest absolute Gasteiger partial charge is 0.322 e. The number of hydrogen-bond acceptors (Lipinski definition) is 2. The van der Waals surface area contributed by atoms with E-state index in [0.29, 0.717) is 17.1 Å². The molecule has 4 heteroatoms. The van der Waals surface area contributed by atoms with Gasteiger partial charge in [-0.1, -0.05) is 72.8 Å². The van der Waals surface area contributed by atoms with Crippen molar-refractivity contribution in [2.24, 2.45) is 0 Å². The summed E-state index contributed by atoms with van der Waals surface area (Å²) in [6.07, 6.45) is 0. The van der Waals surface area contributed by atoms with Crippen molar-refractivity contribution in [1.82, 2.24) is 0 Å². The molecule has 4 aromatic rings. The van der Waals surface area contributed by atoms with E-state index in [1.165, 1.54) is 0 Å². The van der Waals surface area contributed by atoms with Gasteiger partial charge in [0.2, 0.25) is 0 Å². The van der Waals surface area contributed by atoms with E-state index in [-0.39, 0.29) is 5.91 Å². The van der Waals surface area contributed by atoms with Crippen molar-refractivity contribution in [1.29, 1.82) is 0 Å². The Labute approximate surface area is 172 Å². The molecule has 0 saturated carbocycles. The van der Waals surface area contributed by atoms with Gasteiger partial charge in [-0.05, 0) is 46.2 Å². The smallest absolute Gasteiger partial charge is 0.255 e. The van der Waals surface area contributed by atoms with E-state index in [9.17, 15) is 9.00 Å². The van der Waals surface area contributed by atoms with Gasteiger partial charge in [0, 0.05) is 33.6 Å². The highest BCUT2D eigenvalue weighted by Crippen LogP contribution is 2.21. The van der Waals surface area contributed by atoms with Crippen LogP contribution < -0.4 is 5.32 Å². The molecule has 0 spiro atoms. The lowest BCUT2D eigenvalue weighted by molar-refractivity contribution is 0.102. The van der Waals surface area contributed by atoms with Crippen molar-refractivity contribution in [3.8, 4) is 0 Å². The zero-order chi connectivity index (χ0) is 20.1. The van der Waals surface area contributed by atoms with Crippen LogP contribution in [0.1, 0.15) is 21.5 Å². The number of carbonyl (C=O) groups is 1. The first-order chi connectivity index (χ1) is 14.2. The second-order valence-electron chi connectivity index (χ2n) is 6.88. The van der Waals surface area contributed by atoms with Gasteiger partial charge in [-0.25, -0.2) is 0 Å². The molecule has 144 valence electrons. The fourth-order valence-electron chi connectivity index (χ4n) is 3.31. The molecule has 0 unspecified atom stereocenters. The van der Waals surface area contributed by atoms with Crippen LogP contribution in [0.2, 0.25) is 0 Å². The molecule has 0 aliphatic heterocycles. The van der Waals surface area contributed by atoms with Gasteiger partial charge >= 0.3 is 0 Å². The minimum atomic E-state index is -1.03. The summed E-state index contributed by atoms with van der Waals surface area (Å²) in [7, 11) is -1.03. The van der Waals surface area contributed by atoms with E-state index in [1.807, 2.05) is 66.7 Å². The molecule has 3 nitrogen and oxygen atoms in total. The normalized spacial score (nSPS) is 11.9. The fourth-order valence-corrected chi connectivity index (χ4v) is 4.57. The number of benzene rings is 4. The molecule has 0 saturated heterocycles. The lowest BCUT2D eigenvalue weighted by atomic mass is 10.1. The van der Waals surface area contributed by atoms with Crippen LogP contribution in [0.5, 0.6) is 0 Å². The molecule has 4 aromatic carbocycles. The number of hydrogen-bond donors (Lipinski definition) is 1. The molecule has 1 amide bonds. The van der Waals surface area contributed by atoms with Crippen LogP contribution in [0.4, 0.5) is 5.69 Å². The van der Waals surface area contributed by atoms with E-state index in [2.05, 4.69) is 23.5 Å². The standard InChI is InChI=1S/C25H21NO2S/c27-25(26-23-10-2-1-3-11-23)21-15-13-19(14-16-21)17-29(28)18-22-9-6-8-20-7-4-5-12-24(20)22/h1-16H,17-18H2,(H,26,27)/t29-/m1/s1. The highest BCUT2D eigenvalue weighted by Gasteiger charge is 2.09. The maximum absolute atomic E-state index is 12.7. The third-order valence-electron chi connectivity index (χ3n) is 4.77. The van der Waals surface area contributed by atoms with Gasteiger partial charge in [0.05, 0.1) is 0 Å². The number of carbonyl (C=O) groups excluding carboxylic acids is 1. The Hall–Kier alpha value is -3.24.